The number of carbonyl (C=O) groups is 1. The first kappa shape index (κ1) is 14.0. The van der Waals surface area contributed by atoms with Gasteiger partial charge in [0.1, 0.15) is 12.7 Å². The van der Waals surface area contributed by atoms with Gasteiger partial charge in [-0.15, -0.1) is 0 Å². The Kier molecular flexibility index (Phi) is 5.66. The zero-order valence-electron chi connectivity index (χ0n) is 10.0. The van der Waals surface area contributed by atoms with E-state index < -0.39 is 12.1 Å². The largest absolute Gasteiger partial charge is 0.477 e. The minimum Gasteiger partial charge on any atom is -0.477 e. The van der Waals surface area contributed by atoms with Gasteiger partial charge in [-0.25, -0.2) is 4.79 Å². The Morgan fingerprint density at radius 3 is 2.72 bits per heavy atom. The second-order valence-corrected chi connectivity index (χ2v) is 3.68. The first-order valence-corrected chi connectivity index (χ1v) is 5.46. The third-order valence-electron chi connectivity index (χ3n) is 2.09. The van der Waals surface area contributed by atoms with Crippen molar-refractivity contribution < 1.29 is 19.8 Å². The highest BCUT2D eigenvalue weighted by Gasteiger charge is 2.06. The minimum absolute atomic E-state index is 0.0650. The van der Waals surface area contributed by atoms with Gasteiger partial charge in [0, 0.05) is 12.2 Å². The Balaban J connectivity index is 2.24. The standard InChI is InChI=1S/C12H16N2O4/c1-9(12(16)17)14-18-8-11(15)7-13-10-5-3-2-4-6-10/h2-6,11,13,15H,7-8H2,1H3,(H,16,17)/b14-9-. The van der Waals surface area contributed by atoms with Crippen LogP contribution in [0.15, 0.2) is 35.5 Å². The van der Waals surface area contributed by atoms with Gasteiger partial charge in [-0.2, -0.15) is 0 Å². The molecule has 0 spiro atoms. The van der Waals surface area contributed by atoms with Gasteiger partial charge in [-0.3, -0.25) is 0 Å². The van der Waals surface area contributed by atoms with E-state index in [0.29, 0.717) is 6.54 Å². The molecule has 0 aliphatic rings. The van der Waals surface area contributed by atoms with Gasteiger partial charge in [0.05, 0.1) is 0 Å². The minimum atomic E-state index is -1.15. The lowest BCUT2D eigenvalue weighted by molar-refractivity contribution is -0.129. The molecule has 0 fully saturated rings. The third-order valence-corrected chi connectivity index (χ3v) is 2.09. The molecule has 0 amide bonds. The first-order valence-electron chi connectivity index (χ1n) is 5.46. The molecule has 0 radical (unpaired) electrons. The highest BCUT2D eigenvalue weighted by Crippen LogP contribution is 2.04. The molecule has 0 aliphatic heterocycles. The Bertz CT molecular complexity index is 406. The maximum absolute atomic E-state index is 10.4. The van der Waals surface area contributed by atoms with E-state index in [0.717, 1.165) is 5.69 Å². The molecule has 98 valence electrons. The Morgan fingerprint density at radius 2 is 2.11 bits per heavy atom. The quantitative estimate of drug-likeness (QED) is 0.496. The van der Waals surface area contributed by atoms with Gasteiger partial charge < -0.3 is 20.4 Å². The monoisotopic (exact) mass is 252 g/mol. The van der Waals surface area contributed by atoms with Gasteiger partial charge in [0.15, 0.2) is 5.71 Å². The predicted octanol–water partition coefficient (Wildman–Crippen LogP) is 0.937. The van der Waals surface area contributed by atoms with E-state index in [-0.39, 0.29) is 12.3 Å². The summed E-state index contributed by atoms with van der Waals surface area (Å²) >= 11 is 0. The summed E-state index contributed by atoms with van der Waals surface area (Å²) in [6.07, 6.45) is -0.768. The highest BCUT2D eigenvalue weighted by molar-refractivity contribution is 6.34. The van der Waals surface area contributed by atoms with E-state index in [1.807, 2.05) is 30.3 Å². The summed E-state index contributed by atoms with van der Waals surface area (Å²) in [4.78, 5) is 15.1. The fourth-order valence-corrected chi connectivity index (χ4v) is 1.11. The van der Waals surface area contributed by atoms with Crippen LogP contribution < -0.4 is 5.32 Å². The molecule has 0 heterocycles. The van der Waals surface area contributed by atoms with Crippen molar-refractivity contribution in [2.45, 2.75) is 13.0 Å². The van der Waals surface area contributed by atoms with E-state index in [1.54, 1.807) is 0 Å². The van der Waals surface area contributed by atoms with E-state index in [9.17, 15) is 9.90 Å². The van der Waals surface area contributed by atoms with Gasteiger partial charge in [0.2, 0.25) is 0 Å². The molecule has 1 rings (SSSR count). The van der Waals surface area contributed by atoms with Crippen molar-refractivity contribution >= 4 is 17.4 Å². The number of aliphatic hydroxyl groups is 1. The maximum atomic E-state index is 10.4. The summed E-state index contributed by atoms with van der Waals surface area (Å²) in [7, 11) is 0. The van der Waals surface area contributed by atoms with Gasteiger partial charge in [-0.05, 0) is 19.1 Å². The van der Waals surface area contributed by atoms with Crippen molar-refractivity contribution in [3.05, 3.63) is 30.3 Å². The molecular formula is C12H16N2O4. The molecule has 6 nitrogen and oxygen atoms in total. The van der Waals surface area contributed by atoms with Crippen LogP contribution in [0.4, 0.5) is 5.69 Å². The Labute approximate surface area is 105 Å². The number of nitrogens with one attached hydrogen (secondary N) is 1. The average molecular weight is 252 g/mol. The summed E-state index contributed by atoms with van der Waals surface area (Å²) in [5, 5.41) is 24.4. The molecular weight excluding hydrogens is 236 g/mol. The number of carboxylic acids is 1. The second-order valence-electron chi connectivity index (χ2n) is 3.68. The van der Waals surface area contributed by atoms with E-state index in [4.69, 9.17) is 9.94 Å². The molecule has 18 heavy (non-hydrogen) atoms. The Morgan fingerprint density at radius 1 is 1.44 bits per heavy atom. The molecule has 0 aromatic heterocycles. The number of aliphatic hydroxyl groups excluding tert-OH is 1. The lowest BCUT2D eigenvalue weighted by Crippen LogP contribution is -2.24. The molecule has 0 saturated carbocycles. The summed E-state index contributed by atoms with van der Waals surface area (Å²) in [5.74, 6) is -1.15. The fraction of sp³-hybridized carbons (Fsp3) is 0.333. The van der Waals surface area contributed by atoms with Gasteiger partial charge in [-0.1, -0.05) is 23.4 Å². The summed E-state index contributed by atoms with van der Waals surface area (Å²) in [5.41, 5.74) is 0.736. The Hall–Kier alpha value is -2.08. The average Bonchev–Trinajstić information content (AvgIpc) is 2.37. The second kappa shape index (κ2) is 7.29. The molecule has 1 aromatic rings. The van der Waals surface area contributed by atoms with E-state index in [1.165, 1.54) is 6.92 Å². The van der Waals surface area contributed by atoms with Crippen molar-refractivity contribution in [3.63, 3.8) is 0 Å². The number of carboxylic acid groups (broad SMARTS) is 1. The van der Waals surface area contributed by atoms with Gasteiger partial charge in [0.25, 0.3) is 0 Å². The number of hydrogen-bond donors (Lipinski definition) is 3. The number of benzene rings is 1. The van der Waals surface area contributed by atoms with Crippen LogP contribution in [0.1, 0.15) is 6.92 Å². The zero-order valence-corrected chi connectivity index (χ0v) is 10.0. The number of aliphatic carboxylic acids is 1. The lowest BCUT2D eigenvalue weighted by Gasteiger charge is -2.11. The number of hydrogen-bond acceptors (Lipinski definition) is 5. The molecule has 0 saturated heterocycles. The van der Waals surface area contributed by atoms with Crippen LogP contribution >= 0.6 is 0 Å². The first-order chi connectivity index (χ1) is 8.59. The van der Waals surface area contributed by atoms with Crippen molar-refractivity contribution in [3.8, 4) is 0 Å². The molecule has 6 heteroatoms. The number of nitrogens with zero attached hydrogens (tertiary/aromatic N) is 1. The van der Waals surface area contributed by atoms with Crippen LogP contribution in [0.3, 0.4) is 0 Å². The maximum Gasteiger partial charge on any atom is 0.353 e. The smallest absolute Gasteiger partial charge is 0.353 e. The SMILES string of the molecule is C/C(=N/OCC(O)CNc1ccccc1)C(=O)O. The van der Waals surface area contributed by atoms with Gasteiger partial charge >= 0.3 is 5.97 Å². The van der Waals surface area contributed by atoms with Crippen molar-refractivity contribution in [1.29, 1.82) is 0 Å². The predicted molar refractivity (Wildman–Crippen MR) is 67.6 cm³/mol. The molecule has 0 bridgehead atoms. The normalized spacial score (nSPS) is 12.9. The van der Waals surface area contributed by atoms with Crippen molar-refractivity contribution in [2.24, 2.45) is 5.16 Å². The molecule has 1 unspecified atom stereocenters. The van der Waals surface area contributed by atoms with E-state index in [2.05, 4.69) is 10.5 Å². The lowest BCUT2D eigenvalue weighted by atomic mass is 10.3. The van der Waals surface area contributed by atoms with Crippen molar-refractivity contribution in [1.82, 2.24) is 0 Å². The molecule has 3 N–H and O–H groups in total. The van der Waals surface area contributed by atoms with Crippen LogP contribution in [0.5, 0.6) is 0 Å². The topological polar surface area (TPSA) is 91.2 Å². The molecule has 1 aromatic carbocycles. The molecule has 1 atom stereocenters. The van der Waals surface area contributed by atoms with E-state index >= 15 is 0 Å². The fourth-order valence-electron chi connectivity index (χ4n) is 1.11. The van der Waals surface area contributed by atoms with Crippen LogP contribution in [0.25, 0.3) is 0 Å². The number of oxime groups is 1. The third kappa shape index (κ3) is 5.31. The number of para-hydroxylation sites is 1. The van der Waals surface area contributed by atoms with Crippen LogP contribution in [0, 0.1) is 0 Å². The number of anilines is 1. The number of rotatable bonds is 7. The van der Waals surface area contributed by atoms with Crippen molar-refractivity contribution in [2.75, 3.05) is 18.5 Å². The van der Waals surface area contributed by atoms with Crippen LogP contribution in [-0.4, -0.2) is 41.1 Å². The molecule has 0 aliphatic carbocycles. The summed E-state index contributed by atoms with van der Waals surface area (Å²) in [6, 6.07) is 9.41. The summed E-state index contributed by atoms with van der Waals surface area (Å²) in [6.45, 7) is 1.55. The summed E-state index contributed by atoms with van der Waals surface area (Å²) < 4.78 is 0. The highest BCUT2D eigenvalue weighted by atomic mass is 16.6. The van der Waals surface area contributed by atoms with Crippen LogP contribution in [-0.2, 0) is 9.63 Å². The zero-order chi connectivity index (χ0) is 13.4. The van der Waals surface area contributed by atoms with Crippen LogP contribution in [0.2, 0.25) is 0 Å².